The van der Waals surface area contributed by atoms with Crippen LogP contribution in [-0.4, -0.2) is 29.9 Å². The van der Waals surface area contributed by atoms with Crippen molar-refractivity contribution < 1.29 is 4.79 Å². The summed E-state index contributed by atoms with van der Waals surface area (Å²) in [5, 5.41) is 10.5. The van der Waals surface area contributed by atoms with Crippen molar-refractivity contribution in [3.05, 3.63) is 29.3 Å². The molecule has 1 amide bonds. The zero-order valence-corrected chi connectivity index (χ0v) is 12.8. The Morgan fingerprint density at radius 1 is 1.30 bits per heavy atom. The molecule has 110 valence electrons. The number of para-hydroxylation sites is 1. The van der Waals surface area contributed by atoms with Crippen LogP contribution in [0.15, 0.2) is 18.2 Å². The van der Waals surface area contributed by atoms with Gasteiger partial charge in [-0.05, 0) is 30.9 Å². The highest BCUT2D eigenvalue weighted by atomic mass is 16.2. The highest BCUT2D eigenvalue weighted by molar-refractivity contribution is 5.98. The molecule has 5 nitrogen and oxygen atoms in total. The molecule has 0 aromatic heterocycles. The summed E-state index contributed by atoms with van der Waals surface area (Å²) in [6.45, 7) is 7.80. The van der Waals surface area contributed by atoms with Crippen LogP contribution in [0.1, 0.15) is 25.0 Å². The van der Waals surface area contributed by atoms with Crippen LogP contribution in [0.4, 0.5) is 5.69 Å². The fraction of sp³-hybridized carbons (Fsp3) is 0.467. The lowest BCUT2D eigenvalue weighted by molar-refractivity contribution is -0.121. The molecule has 0 fully saturated rings. The van der Waals surface area contributed by atoms with Gasteiger partial charge in [0.25, 0.3) is 0 Å². The molecule has 0 aliphatic carbocycles. The van der Waals surface area contributed by atoms with Crippen LogP contribution in [0.3, 0.4) is 0 Å². The van der Waals surface area contributed by atoms with E-state index in [-0.39, 0.29) is 17.8 Å². The van der Waals surface area contributed by atoms with Crippen LogP contribution < -0.4 is 11.1 Å². The first-order valence-corrected chi connectivity index (χ1v) is 6.69. The minimum atomic E-state index is -0.466. The predicted octanol–water partition coefficient (Wildman–Crippen LogP) is 2.09. The second-order valence-corrected chi connectivity index (χ2v) is 5.44. The summed E-state index contributed by atoms with van der Waals surface area (Å²) in [7, 11) is 1.66. The van der Waals surface area contributed by atoms with Crippen LogP contribution in [0.25, 0.3) is 0 Å². The average molecular weight is 276 g/mol. The third kappa shape index (κ3) is 3.50. The van der Waals surface area contributed by atoms with Crippen molar-refractivity contribution >= 4 is 17.6 Å². The van der Waals surface area contributed by atoms with Gasteiger partial charge in [0.05, 0.1) is 0 Å². The van der Waals surface area contributed by atoms with Crippen LogP contribution >= 0.6 is 0 Å². The molecule has 0 heterocycles. The number of nitrogens with one attached hydrogen (secondary N) is 2. The molecule has 20 heavy (non-hydrogen) atoms. The maximum absolute atomic E-state index is 12.5. The molecule has 5 heteroatoms. The van der Waals surface area contributed by atoms with E-state index >= 15 is 0 Å². The fourth-order valence-electron chi connectivity index (χ4n) is 2.28. The SMILES string of the molecule is Cc1cccc(C)c1NC(=O)[C@H](C(C)C)N(C)C(=N)N. The molecule has 1 aromatic rings. The number of guanidine groups is 1. The summed E-state index contributed by atoms with van der Waals surface area (Å²) in [5.41, 5.74) is 8.37. The van der Waals surface area contributed by atoms with Gasteiger partial charge in [-0.1, -0.05) is 32.0 Å². The first kappa shape index (κ1) is 16.0. The Morgan fingerprint density at radius 2 is 1.80 bits per heavy atom. The smallest absolute Gasteiger partial charge is 0.247 e. The third-order valence-corrected chi connectivity index (χ3v) is 3.43. The number of hydrogen-bond donors (Lipinski definition) is 3. The van der Waals surface area contributed by atoms with Gasteiger partial charge in [0.15, 0.2) is 5.96 Å². The van der Waals surface area contributed by atoms with Crippen molar-refractivity contribution in [1.82, 2.24) is 4.90 Å². The molecule has 0 saturated carbocycles. The van der Waals surface area contributed by atoms with Crippen LogP contribution in [0.2, 0.25) is 0 Å². The van der Waals surface area contributed by atoms with Gasteiger partial charge in [0.1, 0.15) is 6.04 Å². The van der Waals surface area contributed by atoms with Crippen LogP contribution in [-0.2, 0) is 4.79 Å². The Balaban J connectivity index is 3.01. The molecule has 1 atom stereocenters. The van der Waals surface area contributed by atoms with Crippen LogP contribution in [0, 0.1) is 25.2 Å². The zero-order valence-electron chi connectivity index (χ0n) is 12.8. The second-order valence-electron chi connectivity index (χ2n) is 5.44. The molecule has 0 aliphatic heterocycles. The van der Waals surface area contributed by atoms with E-state index in [0.717, 1.165) is 16.8 Å². The molecule has 0 aliphatic rings. The molecule has 1 rings (SSSR count). The van der Waals surface area contributed by atoms with Gasteiger partial charge in [-0.2, -0.15) is 0 Å². The Kier molecular flexibility index (Phi) is 5.13. The molecule has 0 radical (unpaired) electrons. The number of likely N-dealkylation sites (N-methyl/N-ethyl adjacent to an activating group) is 1. The van der Waals surface area contributed by atoms with Gasteiger partial charge in [-0.25, -0.2) is 0 Å². The molecule has 0 saturated heterocycles. The van der Waals surface area contributed by atoms with Gasteiger partial charge < -0.3 is 16.0 Å². The number of nitrogens with zero attached hydrogens (tertiary/aromatic N) is 1. The van der Waals surface area contributed by atoms with Gasteiger partial charge in [-0.15, -0.1) is 0 Å². The van der Waals surface area contributed by atoms with Gasteiger partial charge in [0, 0.05) is 12.7 Å². The molecular formula is C15H24N4O. The molecule has 0 bridgehead atoms. The third-order valence-electron chi connectivity index (χ3n) is 3.43. The van der Waals surface area contributed by atoms with Gasteiger partial charge >= 0.3 is 0 Å². The zero-order chi connectivity index (χ0) is 15.4. The van der Waals surface area contributed by atoms with E-state index in [4.69, 9.17) is 11.1 Å². The summed E-state index contributed by atoms with van der Waals surface area (Å²) >= 11 is 0. The summed E-state index contributed by atoms with van der Waals surface area (Å²) < 4.78 is 0. The average Bonchev–Trinajstić information content (AvgIpc) is 2.33. The van der Waals surface area contributed by atoms with E-state index in [9.17, 15) is 4.79 Å². The Hall–Kier alpha value is -2.04. The Labute approximate surface area is 120 Å². The first-order chi connectivity index (χ1) is 9.25. The monoisotopic (exact) mass is 276 g/mol. The van der Waals surface area contributed by atoms with E-state index in [1.165, 1.54) is 4.90 Å². The lowest BCUT2D eigenvalue weighted by Crippen LogP contribution is -2.50. The molecule has 1 aromatic carbocycles. The number of rotatable bonds is 4. The van der Waals surface area contributed by atoms with E-state index in [0.29, 0.717) is 0 Å². The number of amides is 1. The number of benzene rings is 1. The van der Waals surface area contributed by atoms with Gasteiger partial charge in [-0.3, -0.25) is 10.2 Å². The summed E-state index contributed by atoms with van der Waals surface area (Å²) in [6.07, 6.45) is 0. The molecular weight excluding hydrogens is 252 g/mol. The molecule has 0 unspecified atom stereocenters. The summed E-state index contributed by atoms with van der Waals surface area (Å²) in [6, 6.07) is 5.41. The van der Waals surface area contributed by atoms with Crippen molar-refractivity contribution in [3.8, 4) is 0 Å². The van der Waals surface area contributed by atoms with Crippen molar-refractivity contribution in [2.45, 2.75) is 33.7 Å². The minimum absolute atomic E-state index is 0.0493. The van der Waals surface area contributed by atoms with Crippen LogP contribution in [0.5, 0.6) is 0 Å². The van der Waals surface area contributed by atoms with Crippen molar-refractivity contribution in [1.29, 1.82) is 5.41 Å². The van der Waals surface area contributed by atoms with Crippen molar-refractivity contribution in [3.63, 3.8) is 0 Å². The van der Waals surface area contributed by atoms with E-state index in [1.807, 2.05) is 45.9 Å². The maximum atomic E-state index is 12.5. The fourth-order valence-corrected chi connectivity index (χ4v) is 2.28. The lowest BCUT2D eigenvalue weighted by atomic mass is 10.0. The maximum Gasteiger partial charge on any atom is 0.247 e. The van der Waals surface area contributed by atoms with Gasteiger partial charge in [0.2, 0.25) is 5.91 Å². The summed E-state index contributed by atoms with van der Waals surface area (Å²) in [4.78, 5) is 14.0. The number of aryl methyl sites for hydroxylation is 2. The van der Waals surface area contributed by atoms with E-state index in [1.54, 1.807) is 7.05 Å². The summed E-state index contributed by atoms with van der Waals surface area (Å²) in [5.74, 6) is -0.205. The number of carbonyl (C=O) groups is 1. The Morgan fingerprint density at radius 3 is 2.20 bits per heavy atom. The minimum Gasteiger partial charge on any atom is -0.370 e. The van der Waals surface area contributed by atoms with Crippen molar-refractivity contribution in [2.24, 2.45) is 11.7 Å². The highest BCUT2D eigenvalue weighted by Crippen LogP contribution is 2.21. The number of nitrogens with two attached hydrogens (primary N) is 1. The number of hydrogen-bond acceptors (Lipinski definition) is 2. The number of carbonyl (C=O) groups excluding carboxylic acids is 1. The second kappa shape index (κ2) is 6.41. The van der Waals surface area contributed by atoms with Crippen molar-refractivity contribution in [2.75, 3.05) is 12.4 Å². The van der Waals surface area contributed by atoms with E-state index < -0.39 is 6.04 Å². The highest BCUT2D eigenvalue weighted by Gasteiger charge is 2.28. The Bertz CT molecular complexity index is 490. The first-order valence-electron chi connectivity index (χ1n) is 6.69. The number of anilines is 1. The standard InChI is InChI=1S/C15H24N4O/c1-9(2)13(19(5)15(16)17)14(20)18-12-10(3)7-6-8-11(12)4/h6-9,13H,1-5H3,(H3,16,17)(H,18,20)/t13-/m0/s1. The predicted molar refractivity (Wildman–Crippen MR) is 82.8 cm³/mol. The lowest BCUT2D eigenvalue weighted by Gasteiger charge is -2.30. The normalized spacial score (nSPS) is 12.1. The molecule has 4 N–H and O–H groups in total. The largest absolute Gasteiger partial charge is 0.370 e. The quantitative estimate of drug-likeness (QED) is 0.581. The topological polar surface area (TPSA) is 82.2 Å². The van der Waals surface area contributed by atoms with E-state index in [2.05, 4.69) is 5.32 Å². The molecule has 0 spiro atoms.